The van der Waals surface area contributed by atoms with Gasteiger partial charge in [-0.3, -0.25) is 14.3 Å². The van der Waals surface area contributed by atoms with Crippen LogP contribution >= 0.6 is 0 Å². The van der Waals surface area contributed by atoms with Gasteiger partial charge in [-0.15, -0.1) is 0 Å². The molecule has 0 atom stereocenters. The third-order valence-corrected chi connectivity index (χ3v) is 6.37. The molecule has 0 spiro atoms. The highest BCUT2D eigenvalue weighted by Crippen LogP contribution is 2.28. The van der Waals surface area contributed by atoms with E-state index < -0.39 is 0 Å². The number of benzene rings is 3. The Labute approximate surface area is 198 Å². The third kappa shape index (κ3) is 4.32. The van der Waals surface area contributed by atoms with E-state index in [0.29, 0.717) is 30.9 Å². The second-order valence-electron chi connectivity index (χ2n) is 8.80. The van der Waals surface area contributed by atoms with Gasteiger partial charge < -0.3 is 10.2 Å². The number of nitrogens with zero attached hydrogens (tertiary/aromatic N) is 3. The second kappa shape index (κ2) is 9.15. The van der Waals surface area contributed by atoms with E-state index in [-0.39, 0.29) is 23.1 Å². The molecule has 1 aliphatic rings. The number of hydrogen-bond acceptors (Lipinski definition) is 5. The Balaban J connectivity index is 1.55. The first-order valence-electron chi connectivity index (χ1n) is 11.4. The van der Waals surface area contributed by atoms with E-state index in [1.807, 2.05) is 72.2 Å². The van der Waals surface area contributed by atoms with Gasteiger partial charge in [0, 0.05) is 32.1 Å². The predicted octanol–water partition coefficient (Wildman–Crippen LogP) is 4.16. The summed E-state index contributed by atoms with van der Waals surface area (Å²) in [5.41, 5.74) is 4.40. The first-order chi connectivity index (χ1) is 16.5. The molecule has 0 saturated heterocycles. The van der Waals surface area contributed by atoms with Gasteiger partial charge in [0.1, 0.15) is 17.3 Å². The molecule has 2 heterocycles. The summed E-state index contributed by atoms with van der Waals surface area (Å²) in [4.78, 5) is 21.0. The Morgan fingerprint density at radius 1 is 0.912 bits per heavy atom. The Kier molecular flexibility index (Phi) is 5.90. The van der Waals surface area contributed by atoms with E-state index in [4.69, 9.17) is 4.98 Å². The number of aromatic nitrogens is 2. The van der Waals surface area contributed by atoms with Crippen LogP contribution in [0.2, 0.25) is 0 Å². The molecule has 0 radical (unpaired) electrons. The maximum Gasteiger partial charge on any atom is 0.259 e. The zero-order valence-corrected chi connectivity index (χ0v) is 19.1. The van der Waals surface area contributed by atoms with Crippen molar-refractivity contribution in [1.82, 2.24) is 14.5 Å². The molecule has 6 heteroatoms. The normalized spacial score (nSPS) is 13.7. The van der Waals surface area contributed by atoms with Gasteiger partial charge in [0.15, 0.2) is 0 Å². The quantitative estimate of drug-likeness (QED) is 0.475. The van der Waals surface area contributed by atoms with Crippen molar-refractivity contribution in [2.75, 3.05) is 6.54 Å². The molecule has 4 aromatic rings. The number of phenolic OH excluding ortho intramolecular Hbond substituents is 2. The smallest absolute Gasteiger partial charge is 0.259 e. The van der Waals surface area contributed by atoms with Gasteiger partial charge in [-0.25, -0.2) is 4.98 Å². The summed E-state index contributed by atoms with van der Waals surface area (Å²) in [5.74, 6) is 0.758. The van der Waals surface area contributed by atoms with Gasteiger partial charge in [-0.1, -0.05) is 60.7 Å². The first kappa shape index (κ1) is 21.9. The van der Waals surface area contributed by atoms with Crippen molar-refractivity contribution in [3.63, 3.8) is 0 Å². The Hall–Kier alpha value is -3.90. The number of hydrogen-bond donors (Lipinski definition) is 2. The van der Waals surface area contributed by atoms with Crippen molar-refractivity contribution in [3.05, 3.63) is 123 Å². The summed E-state index contributed by atoms with van der Waals surface area (Å²) in [7, 11) is 0. The molecule has 3 aromatic carbocycles. The van der Waals surface area contributed by atoms with Crippen LogP contribution in [0.3, 0.4) is 0 Å². The fourth-order valence-corrected chi connectivity index (χ4v) is 4.87. The molecule has 2 N–H and O–H groups in total. The van der Waals surface area contributed by atoms with Crippen LogP contribution < -0.4 is 5.56 Å². The van der Waals surface area contributed by atoms with Gasteiger partial charge in [-0.05, 0) is 35.7 Å². The van der Waals surface area contributed by atoms with Crippen molar-refractivity contribution in [1.29, 1.82) is 0 Å². The fraction of sp³-hybridized carbons (Fsp3) is 0.214. The standard InChI is InChI=1S/C28H27N3O3/c1-19-29-26-12-13-30(17-20-14-23(32)16-24(33)15-20)18-25(26)28(34)31(19)27(21-8-4-2-5-9-21)22-10-6-3-7-11-22/h2-11,14-16,27,32-33H,12-13,17-18H2,1H3. The van der Waals surface area contributed by atoms with Crippen molar-refractivity contribution in [2.45, 2.75) is 32.5 Å². The van der Waals surface area contributed by atoms with Gasteiger partial charge in [0.2, 0.25) is 0 Å². The molecular weight excluding hydrogens is 426 g/mol. The molecule has 5 rings (SSSR count). The highest BCUT2D eigenvalue weighted by Gasteiger charge is 2.27. The molecule has 1 aliphatic heterocycles. The van der Waals surface area contributed by atoms with E-state index in [2.05, 4.69) is 4.90 Å². The molecule has 0 amide bonds. The van der Waals surface area contributed by atoms with Gasteiger partial charge >= 0.3 is 0 Å². The molecular formula is C28H27N3O3. The summed E-state index contributed by atoms with van der Waals surface area (Å²) in [5, 5.41) is 19.7. The number of aromatic hydroxyl groups is 2. The average Bonchev–Trinajstić information content (AvgIpc) is 2.83. The summed E-state index contributed by atoms with van der Waals surface area (Å²) in [6.07, 6.45) is 0.679. The van der Waals surface area contributed by atoms with Crippen LogP contribution in [0.15, 0.2) is 83.7 Å². The molecule has 0 unspecified atom stereocenters. The van der Waals surface area contributed by atoms with E-state index >= 15 is 0 Å². The predicted molar refractivity (Wildman–Crippen MR) is 131 cm³/mol. The highest BCUT2D eigenvalue weighted by atomic mass is 16.3. The lowest BCUT2D eigenvalue weighted by molar-refractivity contribution is 0.239. The minimum Gasteiger partial charge on any atom is -0.508 e. The minimum absolute atomic E-state index is 0.0244. The van der Waals surface area contributed by atoms with Gasteiger partial charge in [-0.2, -0.15) is 0 Å². The van der Waals surface area contributed by atoms with Crippen molar-refractivity contribution in [3.8, 4) is 11.5 Å². The van der Waals surface area contributed by atoms with Crippen LogP contribution in [0.25, 0.3) is 0 Å². The maximum absolute atomic E-state index is 13.9. The Morgan fingerprint density at radius 2 is 1.50 bits per heavy atom. The first-order valence-corrected chi connectivity index (χ1v) is 11.4. The topological polar surface area (TPSA) is 78.6 Å². The maximum atomic E-state index is 13.9. The summed E-state index contributed by atoms with van der Waals surface area (Å²) >= 11 is 0. The summed E-state index contributed by atoms with van der Waals surface area (Å²) < 4.78 is 1.81. The average molecular weight is 454 g/mol. The van der Waals surface area contributed by atoms with E-state index in [1.54, 1.807) is 12.1 Å². The molecule has 0 saturated carbocycles. The van der Waals surface area contributed by atoms with Crippen LogP contribution in [0.5, 0.6) is 11.5 Å². The number of phenols is 2. The van der Waals surface area contributed by atoms with Crippen LogP contribution in [0.4, 0.5) is 0 Å². The van der Waals surface area contributed by atoms with Crippen LogP contribution in [-0.2, 0) is 19.5 Å². The van der Waals surface area contributed by atoms with Crippen LogP contribution in [0.1, 0.15) is 39.8 Å². The SMILES string of the molecule is Cc1nc2c(c(=O)n1C(c1ccccc1)c1ccccc1)CN(Cc1cc(O)cc(O)c1)CC2. The molecule has 6 nitrogen and oxygen atoms in total. The van der Waals surface area contributed by atoms with Crippen LogP contribution in [0, 0.1) is 6.92 Å². The van der Waals surface area contributed by atoms with E-state index in [1.165, 1.54) is 6.07 Å². The second-order valence-corrected chi connectivity index (χ2v) is 8.80. The van der Waals surface area contributed by atoms with E-state index in [0.717, 1.165) is 28.9 Å². The lowest BCUT2D eigenvalue weighted by atomic mass is 9.97. The largest absolute Gasteiger partial charge is 0.508 e. The highest BCUT2D eigenvalue weighted by molar-refractivity contribution is 5.37. The zero-order valence-electron chi connectivity index (χ0n) is 19.1. The Morgan fingerprint density at radius 3 is 2.09 bits per heavy atom. The molecule has 34 heavy (non-hydrogen) atoms. The van der Waals surface area contributed by atoms with Crippen molar-refractivity contribution in [2.24, 2.45) is 0 Å². The number of aryl methyl sites for hydroxylation is 1. The van der Waals surface area contributed by atoms with Gasteiger partial charge in [0.05, 0.1) is 17.3 Å². The number of rotatable bonds is 5. The molecule has 0 fully saturated rings. The third-order valence-electron chi connectivity index (χ3n) is 6.37. The zero-order chi connectivity index (χ0) is 23.7. The molecule has 1 aromatic heterocycles. The van der Waals surface area contributed by atoms with Crippen LogP contribution in [-0.4, -0.2) is 31.2 Å². The van der Waals surface area contributed by atoms with Crippen molar-refractivity contribution < 1.29 is 10.2 Å². The molecule has 172 valence electrons. The monoisotopic (exact) mass is 453 g/mol. The molecule has 0 bridgehead atoms. The summed E-state index contributed by atoms with van der Waals surface area (Å²) in [6, 6.07) is 24.4. The minimum atomic E-state index is -0.272. The number of fused-ring (bicyclic) bond motifs is 1. The summed E-state index contributed by atoms with van der Waals surface area (Å²) in [6.45, 7) is 3.65. The fourth-order valence-electron chi connectivity index (χ4n) is 4.87. The lowest BCUT2D eigenvalue weighted by Crippen LogP contribution is -2.40. The lowest BCUT2D eigenvalue weighted by Gasteiger charge is -2.30. The van der Waals surface area contributed by atoms with Gasteiger partial charge in [0.25, 0.3) is 5.56 Å². The Bertz CT molecular complexity index is 1310. The van der Waals surface area contributed by atoms with E-state index in [9.17, 15) is 15.0 Å². The molecule has 0 aliphatic carbocycles. The van der Waals surface area contributed by atoms with Crippen molar-refractivity contribution >= 4 is 0 Å².